The summed E-state index contributed by atoms with van der Waals surface area (Å²) in [6.07, 6.45) is 0. The molecule has 0 fully saturated rings. The van der Waals surface area contributed by atoms with Gasteiger partial charge in [0.25, 0.3) is 0 Å². The van der Waals surface area contributed by atoms with Crippen molar-refractivity contribution < 1.29 is 14.3 Å². The molecular weight excluding hydrogens is 334 g/mol. The smallest absolute Gasteiger partial charge is 0.315 e. The number of rotatable bonds is 6. The van der Waals surface area contributed by atoms with Gasteiger partial charge in [-0.25, -0.2) is 0 Å². The molecule has 0 saturated heterocycles. The molecule has 1 aromatic heterocycles. The number of hydrogen-bond donors (Lipinski definition) is 1. The van der Waals surface area contributed by atoms with Crippen LogP contribution in [-0.2, 0) is 14.3 Å². The van der Waals surface area contributed by atoms with Crippen LogP contribution in [0.1, 0.15) is 12.5 Å². The van der Waals surface area contributed by atoms with Gasteiger partial charge in [0.05, 0.1) is 18.1 Å². The zero-order chi connectivity index (χ0) is 16.8. The van der Waals surface area contributed by atoms with Crippen LogP contribution in [0.4, 0.5) is 5.13 Å². The molecule has 122 valence electrons. The first kappa shape index (κ1) is 17.4. The van der Waals surface area contributed by atoms with Crippen molar-refractivity contribution in [2.45, 2.75) is 19.1 Å². The highest BCUT2D eigenvalue weighted by Crippen LogP contribution is 2.27. The number of esters is 1. The molecule has 2 aromatic rings. The number of ether oxygens (including phenoxy) is 1. The molecule has 1 amide bonds. The molecule has 1 atom stereocenters. The van der Waals surface area contributed by atoms with Gasteiger partial charge in [-0.2, -0.15) is 0 Å². The maximum atomic E-state index is 12.1. The van der Waals surface area contributed by atoms with Gasteiger partial charge < -0.3 is 4.74 Å². The Labute approximate surface area is 142 Å². The number of benzene rings is 1. The van der Waals surface area contributed by atoms with Crippen molar-refractivity contribution in [2.75, 3.05) is 18.2 Å². The fourth-order valence-corrected chi connectivity index (χ4v) is 3.16. The highest BCUT2D eigenvalue weighted by molar-refractivity contribution is 8.01. The molecule has 1 unspecified atom stereocenters. The quantitative estimate of drug-likeness (QED) is 0.806. The van der Waals surface area contributed by atoms with Gasteiger partial charge in [0.15, 0.2) is 0 Å². The van der Waals surface area contributed by atoms with Crippen LogP contribution in [0, 0.1) is 6.92 Å². The number of amides is 1. The minimum atomic E-state index is -0.389. The van der Waals surface area contributed by atoms with E-state index in [2.05, 4.69) is 20.3 Å². The molecule has 0 aliphatic carbocycles. The van der Waals surface area contributed by atoms with Crippen LogP contribution >= 0.6 is 23.1 Å². The summed E-state index contributed by atoms with van der Waals surface area (Å²) in [5.74, 6) is -0.436. The first-order chi connectivity index (χ1) is 11.0. The lowest BCUT2D eigenvalue weighted by Crippen LogP contribution is -2.23. The average Bonchev–Trinajstić information content (AvgIpc) is 3.00. The predicted molar refractivity (Wildman–Crippen MR) is 92.6 cm³/mol. The van der Waals surface area contributed by atoms with E-state index in [0.29, 0.717) is 5.13 Å². The number of methoxy groups -OCH3 is 1. The van der Waals surface area contributed by atoms with Gasteiger partial charge in [-0.1, -0.05) is 35.1 Å². The number of nitrogens with zero attached hydrogens (tertiary/aromatic N) is 2. The van der Waals surface area contributed by atoms with Crippen molar-refractivity contribution in [2.24, 2.45) is 0 Å². The van der Waals surface area contributed by atoms with Crippen molar-refractivity contribution in [3.05, 3.63) is 29.8 Å². The topological polar surface area (TPSA) is 81.2 Å². The Bertz CT molecular complexity index is 703. The normalized spacial score (nSPS) is 11.8. The molecule has 0 aliphatic heterocycles. The molecule has 0 radical (unpaired) electrons. The summed E-state index contributed by atoms with van der Waals surface area (Å²) in [6, 6.07) is 7.93. The highest BCUT2D eigenvalue weighted by Gasteiger charge is 2.17. The third-order valence-electron chi connectivity index (χ3n) is 2.97. The first-order valence-corrected chi connectivity index (χ1v) is 8.76. The van der Waals surface area contributed by atoms with E-state index in [0.717, 1.165) is 16.1 Å². The van der Waals surface area contributed by atoms with Crippen LogP contribution in [0.5, 0.6) is 0 Å². The number of hydrogen-bond acceptors (Lipinski definition) is 7. The number of aromatic nitrogens is 2. The van der Waals surface area contributed by atoms with Crippen molar-refractivity contribution >= 4 is 40.1 Å². The third kappa shape index (κ3) is 5.04. The predicted octanol–water partition coefficient (Wildman–Crippen LogP) is 2.75. The van der Waals surface area contributed by atoms with Crippen LogP contribution in [0.25, 0.3) is 10.6 Å². The van der Waals surface area contributed by atoms with Gasteiger partial charge in [0.2, 0.25) is 11.0 Å². The van der Waals surface area contributed by atoms with Crippen molar-refractivity contribution in [1.82, 2.24) is 10.2 Å². The molecule has 6 nitrogen and oxygen atoms in total. The molecule has 0 saturated carbocycles. The van der Waals surface area contributed by atoms with Crippen LogP contribution in [0.3, 0.4) is 0 Å². The largest absolute Gasteiger partial charge is 0.468 e. The molecule has 1 heterocycles. The zero-order valence-electron chi connectivity index (χ0n) is 13.0. The van der Waals surface area contributed by atoms with E-state index < -0.39 is 0 Å². The standard InChI is InChI=1S/C15H17N3O3S2/c1-9-5-4-6-11(7-9)14-17-18-15(23-14)16-13(20)10(2)22-8-12(19)21-3/h4-7,10H,8H2,1-3H3,(H,16,18,20). The number of thioether (sulfide) groups is 1. The summed E-state index contributed by atoms with van der Waals surface area (Å²) < 4.78 is 4.55. The van der Waals surface area contributed by atoms with Crippen LogP contribution in [0.2, 0.25) is 0 Å². The van der Waals surface area contributed by atoms with Crippen LogP contribution in [-0.4, -0.2) is 40.2 Å². The summed E-state index contributed by atoms with van der Waals surface area (Å²) >= 11 is 2.53. The van der Waals surface area contributed by atoms with Gasteiger partial charge in [-0.15, -0.1) is 22.0 Å². The van der Waals surface area contributed by atoms with E-state index in [-0.39, 0.29) is 22.9 Å². The number of anilines is 1. The van der Waals surface area contributed by atoms with E-state index in [1.54, 1.807) is 6.92 Å². The van der Waals surface area contributed by atoms with E-state index in [1.165, 1.54) is 30.2 Å². The highest BCUT2D eigenvalue weighted by atomic mass is 32.2. The van der Waals surface area contributed by atoms with Gasteiger partial charge in [-0.05, 0) is 19.9 Å². The minimum Gasteiger partial charge on any atom is -0.468 e. The second kappa shape index (κ2) is 8.07. The molecule has 0 aliphatic rings. The first-order valence-electron chi connectivity index (χ1n) is 6.89. The molecule has 1 aromatic carbocycles. The maximum Gasteiger partial charge on any atom is 0.315 e. The van der Waals surface area contributed by atoms with Gasteiger partial charge in [0.1, 0.15) is 5.01 Å². The molecule has 1 N–H and O–H groups in total. The average molecular weight is 351 g/mol. The third-order valence-corrected chi connectivity index (χ3v) is 4.97. The summed E-state index contributed by atoms with van der Waals surface area (Å²) in [6.45, 7) is 3.73. The van der Waals surface area contributed by atoms with Crippen molar-refractivity contribution in [1.29, 1.82) is 0 Å². The summed E-state index contributed by atoms with van der Waals surface area (Å²) in [7, 11) is 1.32. The van der Waals surface area contributed by atoms with Gasteiger partial charge in [-0.3, -0.25) is 14.9 Å². The minimum absolute atomic E-state index is 0.135. The molecule has 0 spiro atoms. The van der Waals surface area contributed by atoms with E-state index >= 15 is 0 Å². The summed E-state index contributed by atoms with van der Waals surface area (Å²) in [5, 5.41) is 11.6. The SMILES string of the molecule is COC(=O)CSC(C)C(=O)Nc1nnc(-c2cccc(C)c2)s1. The number of carbonyl (C=O) groups is 2. The summed E-state index contributed by atoms with van der Waals surface area (Å²) in [5.41, 5.74) is 2.10. The molecule has 8 heteroatoms. The lowest BCUT2D eigenvalue weighted by atomic mass is 10.1. The second-order valence-corrected chi connectivity index (χ2v) is 7.11. The Morgan fingerprint density at radius 3 is 2.87 bits per heavy atom. The molecule has 0 bridgehead atoms. The Hall–Kier alpha value is -1.93. The van der Waals surface area contributed by atoms with E-state index in [4.69, 9.17) is 0 Å². The fourth-order valence-electron chi connectivity index (χ4n) is 1.70. The molecular formula is C15H17N3O3S2. The molecule has 2 rings (SSSR count). The lowest BCUT2D eigenvalue weighted by Gasteiger charge is -2.08. The Morgan fingerprint density at radius 2 is 2.17 bits per heavy atom. The Balaban J connectivity index is 1.96. The Morgan fingerprint density at radius 1 is 1.39 bits per heavy atom. The number of nitrogens with one attached hydrogen (secondary N) is 1. The number of carbonyl (C=O) groups excluding carboxylic acids is 2. The Kier molecular flexibility index (Phi) is 6.12. The van der Waals surface area contributed by atoms with Crippen LogP contribution < -0.4 is 5.32 Å². The molecule has 23 heavy (non-hydrogen) atoms. The zero-order valence-corrected chi connectivity index (χ0v) is 14.7. The maximum absolute atomic E-state index is 12.1. The monoisotopic (exact) mass is 351 g/mol. The van der Waals surface area contributed by atoms with E-state index in [9.17, 15) is 9.59 Å². The van der Waals surface area contributed by atoms with E-state index in [1.807, 2.05) is 31.2 Å². The van der Waals surface area contributed by atoms with Gasteiger partial charge >= 0.3 is 5.97 Å². The van der Waals surface area contributed by atoms with Crippen molar-refractivity contribution in [3.63, 3.8) is 0 Å². The summed E-state index contributed by atoms with van der Waals surface area (Å²) in [4.78, 5) is 23.2. The van der Waals surface area contributed by atoms with Gasteiger partial charge in [0, 0.05) is 5.56 Å². The fraction of sp³-hybridized carbons (Fsp3) is 0.333. The number of aryl methyl sites for hydroxylation is 1. The second-order valence-electron chi connectivity index (χ2n) is 4.80. The lowest BCUT2D eigenvalue weighted by molar-refractivity contribution is -0.137. The van der Waals surface area contributed by atoms with Crippen molar-refractivity contribution in [3.8, 4) is 10.6 Å². The van der Waals surface area contributed by atoms with Crippen LogP contribution in [0.15, 0.2) is 24.3 Å².